The van der Waals surface area contributed by atoms with Crippen molar-refractivity contribution in [1.82, 2.24) is 0 Å². The minimum Gasteiger partial charge on any atom is -0.496 e. The van der Waals surface area contributed by atoms with E-state index in [-0.39, 0.29) is 12.3 Å². The Morgan fingerprint density at radius 1 is 0.923 bits per heavy atom. The van der Waals surface area contributed by atoms with E-state index in [9.17, 15) is 4.79 Å². The molecule has 0 aliphatic carbocycles. The molecule has 1 amide bonds. The van der Waals surface area contributed by atoms with Gasteiger partial charge >= 0.3 is 0 Å². The lowest BCUT2D eigenvalue weighted by Gasteiger charge is -2.13. The second-order valence-corrected chi connectivity index (χ2v) is 6.36. The number of rotatable bonds is 6. The minimum atomic E-state index is -0.0468. The number of hydrogen-bond acceptors (Lipinski definition) is 2. The van der Waals surface area contributed by atoms with Crippen LogP contribution in [0.1, 0.15) is 22.3 Å². The van der Waals surface area contributed by atoms with Crippen molar-refractivity contribution in [2.45, 2.75) is 19.8 Å². The highest BCUT2D eigenvalue weighted by Gasteiger charge is 2.11. The summed E-state index contributed by atoms with van der Waals surface area (Å²) in [6.45, 7) is 2.01. The van der Waals surface area contributed by atoms with Gasteiger partial charge in [-0.25, -0.2) is 0 Å². The summed E-state index contributed by atoms with van der Waals surface area (Å²) < 4.78 is 5.37. The maximum atomic E-state index is 12.6. The first-order valence-corrected chi connectivity index (χ1v) is 8.71. The summed E-state index contributed by atoms with van der Waals surface area (Å²) in [7, 11) is 1.63. The van der Waals surface area contributed by atoms with E-state index in [2.05, 4.69) is 23.5 Å². The van der Waals surface area contributed by atoms with Crippen LogP contribution in [0.3, 0.4) is 0 Å². The van der Waals surface area contributed by atoms with E-state index in [1.807, 2.05) is 61.5 Å². The van der Waals surface area contributed by atoms with Crippen molar-refractivity contribution in [3.63, 3.8) is 0 Å². The van der Waals surface area contributed by atoms with E-state index >= 15 is 0 Å². The van der Waals surface area contributed by atoms with Gasteiger partial charge in [0.15, 0.2) is 0 Å². The first-order valence-electron chi connectivity index (χ1n) is 8.71. The quantitative estimate of drug-likeness (QED) is 0.698. The molecule has 132 valence electrons. The minimum absolute atomic E-state index is 0.0468. The van der Waals surface area contributed by atoms with Gasteiger partial charge in [-0.15, -0.1) is 0 Å². The lowest BCUT2D eigenvalue weighted by Crippen LogP contribution is -2.16. The van der Waals surface area contributed by atoms with Crippen LogP contribution in [0.2, 0.25) is 0 Å². The van der Waals surface area contributed by atoms with Gasteiger partial charge in [0.25, 0.3) is 0 Å². The summed E-state index contributed by atoms with van der Waals surface area (Å²) in [6, 6.07) is 24.1. The highest BCUT2D eigenvalue weighted by molar-refractivity contribution is 5.93. The Morgan fingerprint density at radius 3 is 2.42 bits per heavy atom. The number of carbonyl (C=O) groups excluding carboxylic acids is 1. The number of aryl methyl sites for hydroxylation is 1. The number of methoxy groups -OCH3 is 1. The summed E-state index contributed by atoms with van der Waals surface area (Å²) >= 11 is 0. The molecule has 0 heterocycles. The standard InChI is InChI=1S/C23H23NO2/c1-17-12-13-22(26-2)20(14-17)16-23(25)24-21-11-7-6-10-19(21)15-18-8-4-3-5-9-18/h3-14H,15-16H2,1-2H3,(H,24,25). The van der Waals surface area contributed by atoms with Gasteiger partial charge < -0.3 is 10.1 Å². The second-order valence-electron chi connectivity index (χ2n) is 6.36. The van der Waals surface area contributed by atoms with Crippen LogP contribution in [0.5, 0.6) is 5.75 Å². The molecule has 0 saturated heterocycles. The van der Waals surface area contributed by atoms with Crippen molar-refractivity contribution in [3.05, 3.63) is 95.1 Å². The van der Waals surface area contributed by atoms with Crippen LogP contribution in [0.4, 0.5) is 5.69 Å². The molecular weight excluding hydrogens is 322 g/mol. The topological polar surface area (TPSA) is 38.3 Å². The molecule has 0 fully saturated rings. The monoisotopic (exact) mass is 345 g/mol. The fourth-order valence-corrected chi connectivity index (χ4v) is 3.03. The number of carbonyl (C=O) groups is 1. The lowest BCUT2D eigenvalue weighted by atomic mass is 10.0. The van der Waals surface area contributed by atoms with Crippen molar-refractivity contribution in [1.29, 1.82) is 0 Å². The molecule has 0 aromatic heterocycles. The molecule has 0 radical (unpaired) electrons. The SMILES string of the molecule is COc1ccc(C)cc1CC(=O)Nc1ccccc1Cc1ccccc1. The fraction of sp³-hybridized carbons (Fsp3) is 0.174. The largest absolute Gasteiger partial charge is 0.496 e. The predicted octanol–water partition coefficient (Wildman–Crippen LogP) is 4.78. The van der Waals surface area contributed by atoms with Crippen LogP contribution in [0, 0.1) is 6.92 Å². The third-order valence-electron chi connectivity index (χ3n) is 4.32. The van der Waals surface area contributed by atoms with E-state index in [1.54, 1.807) is 7.11 Å². The predicted molar refractivity (Wildman–Crippen MR) is 106 cm³/mol. The summed E-state index contributed by atoms with van der Waals surface area (Å²) in [5, 5.41) is 3.06. The van der Waals surface area contributed by atoms with E-state index < -0.39 is 0 Å². The van der Waals surface area contributed by atoms with Crippen LogP contribution in [0.25, 0.3) is 0 Å². The summed E-state index contributed by atoms with van der Waals surface area (Å²) in [5.74, 6) is 0.692. The summed E-state index contributed by atoms with van der Waals surface area (Å²) in [6.07, 6.45) is 1.07. The zero-order valence-corrected chi connectivity index (χ0v) is 15.2. The number of para-hydroxylation sites is 1. The maximum Gasteiger partial charge on any atom is 0.228 e. The number of ether oxygens (including phenoxy) is 1. The molecular formula is C23H23NO2. The Morgan fingerprint density at radius 2 is 1.65 bits per heavy atom. The van der Waals surface area contributed by atoms with Gasteiger partial charge in [0.2, 0.25) is 5.91 Å². The van der Waals surface area contributed by atoms with Crippen molar-refractivity contribution in [2.24, 2.45) is 0 Å². The third kappa shape index (κ3) is 4.51. The van der Waals surface area contributed by atoms with E-state index in [0.29, 0.717) is 0 Å². The summed E-state index contributed by atoms with van der Waals surface area (Å²) in [4.78, 5) is 12.6. The van der Waals surface area contributed by atoms with E-state index in [4.69, 9.17) is 4.74 Å². The van der Waals surface area contributed by atoms with Crippen molar-refractivity contribution >= 4 is 11.6 Å². The van der Waals surface area contributed by atoms with Crippen molar-refractivity contribution in [2.75, 3.05) is 12.4 Å². The number of nitrogens with one attached hydrogen (secondary N) is 1. The third-order valence-corrected chi connectivity index (χ3v) is 4.32. The average Bonchev–Trinajstić information content (AvgIpc) is 2.64. The molecule has 0 spiro atoms. The molecule has 0 bridgehead atoms. The molecule has 0 saturated carbocycles. The van der Waals surface area contributed by atoms with Crippen LogP contribution >= 0.6 is 0 Å². The van der Waals surface area contributed by atoms with Crippen LogP contribution in [0.15, 0.2) is 72.8 Å². The maximum absolute atomic E-state index is 12.6. The van der Waals surface area contributed by atoms with E-state index in [0.717, 1.165) is 34.5 Å². The Labute approximate surface area is 154 Å². The molecule has 3 aromatic carbocycles. The normalized spacial score (nSPS) is 10.4. The molecule has 3 rings (SSSR count). The molecule has 3 aromatic rings. The molecule has 0 unspecified atom stereocenters. The highest BCUT2D eigenvalue weighted by atomic mass is 16.5. The van der Waals surface area contributed by atoms with Crippen LogP contribution in [-0.4, -0.2) is 13.0 Å². The van der Waals surface area contributed by atoms with Gasteiger partial charge in [-0.1, -0.05) is 66.2 Å². The number of benzene rings is 3. The number of hydrogen-bond donors (Lipinski definition) is 1. The first-order chi connectivity index (χ1) is 12.7. The molecule has 1 N–H and O–H groups in total. The highest BCUT2D eigenvalue weighted by Crippen LogP contribution is 2.22. The molecule has 26 heavy (non-hydrogen) atoms. The zero-order chi connectivity index (χ0) is 18.4. The average molecular weight is 345 g/mol. The molecule has 3 heteroatoms. The zero-order valence-electron chi connectivity index (χ0n) is 15.2. The Kier molecular flexibility index (Phi) is 5.69. The van der Waals surface area contributed by atoms with Crippen molar-refractivity contribution in [3.8, 4) is 5.75 Å². The van der Waals surface area contributed by atoms with Gasteiger partial charge in [-0.05, 0) is 36.6 Å². The van der Waals surface area contributed by atoms with Gasteiger partial charge in [0, 0.05) is 11.3 Å². The molecule has 3 nitrogen and oxygen atoms in total. The van der Waals surface area contributed by atoms with Crippen LogP contribution < -0.4 is 10.1 Å². The van der Waals surface area contributed by atoms with Gasteiger partial charge in [0.1, 0.15) is 5.75 Å². The number of anilines is 1. The molecule has 0 aliphatic rings. The van der Waals surface area contributed by atoms with Crippen molar-refractivity contribution < 1.29 is 9.53 Å². The Bertz CT molecular complexity index is 888. The van der Waals surface area contributed by atoms with Gasteiger partial charge in [-0.3, -0.25) is 4.79 Å². The molecule has 0 atom stereocenters. The van der Waals surface area contributed by atoms with Gasteiger partial charge in [-0.2, -0.15) is 0 Å². The second kappa shape index (κ2) is 8.34. The molecule has 0 aliphatic heterocycles. The van der Waals surface area contributed by atoms with Gasteiger partial charge in [0.05, 0.1) is 13.5 Å². The lowest BCUT2D eigenvalue weighted by molar-refractivity contribution is -0.115. The Balaban J connectivity index is 1.75. The van der Waals surface area contributed by atoms with Crippen LogP contribution in [-0.2, 0) is 17.6 Å². The smallest absolute Gasteiger partial charge is 0.228 e. The number of amides is 1. The first kappa shape index (κ1) is 17.7. The van der Waals surface area contributed by atoms with E-state index in [1.165, 1.54) is 5.56 Å². The fourth-order valence-electron chi connectivity index (χ4n) is 3.03. The summed E-state index contributed by atoms with van der Waals surface area (Å²) in [5.41, 5.74) is 5.18. The Hall–Kier alpha value is -3.07.